The number of benzene rings is 1. The van der Waals surface area contributed by atoms with E-state index in [1.54, 1.807) is 0 Å². The Morgan fingerprint density at radius 2 is 2.22 bits per heavy atom. The lowest BCUT2D eigenvalue weighted by Crippen LogP contribution is -2.48. The predicted octanol–water partition coefficient (Wildman–Crippen LogP) is 2.61. The van der Waals surface area contributed by atoms with Gasteiger partial charge in [0.05, 0.1) is 29.9 Å². The maximum atomic E-state index is 10.4. The van der Waals surface area contributed by atoms with E-state index < -0.39 is 5.60 Å². The zero-order valence-electron chi connectivity index (χ0n) is 10.4. The van der Waals surface area contributed by atoms with Crippen molar-refractivity contribution in [3.63, 3.8) is 0 Å². The third-order valence-electron chi connectivity index (χ3n) is 4.66. The highest BCUT2D eigenvalue weighted by Gasteiger charge is 2.49. The van der Waals surface area contributed by atoms with Gasteiger partial charge in [-0.1, -0.05) is 24.3 Å². The lowest BCUT2D eigenvalue weighted by Gasteiger charge is -2.46. The first-order valence-electron chi connectivity index (χ1n) is 6.52. The molecule has 2 aromatic rings. The largest absolute Gasteiger partial charge is 0.390 e. The van der Waals surface area contributed by atoms with E-state index in [1.165, 1.54) is 16.8 Å². The van der Waals surface area contributed by atoms with Gasteiger partial charge in [-0.2, -0.15) is 0 Å². The molecule has 3 heteroatoms. The van der Waals surface area contributed by atoms with Crippen molar-refractivity contribution in [2.24, 2.45) is 5.92 Å². The Morgan fingerprint density at radius 1 is 1.39 bits per heavy atom. The fourth-order valence-corrected chi connectivity index (χ4v) is 3.51. The molecule has 0 saturated heterocycles. The second-order valence-corrected chi connectivity index (χ2v) is 5.72. The molecule has 3 atom stereocenters. The van der Waals surface area contributed by atoms with E-state index >= 15 is 0 Å². The molecule has 0 bridgehead atoms. The van der Waals surface area contributed by atoms with Gasteiger partial charge in [-0.25, -0.2) is 4.98 Å². The van der Waals surface area contributed by atoms with Gasteiger partial charge in [0.25, 0.3) is 0 Å². The van der Waals surface area contributed by atoms with E-state index in [9.17, 15) is 5.11 Å². The third kappa shape index (κ3) is 1.15. The molecule has 1 aliphatic carbocycles. The first kappa shape index (κ1) is 10.3. The van der Waals surface area contributed by atoms with Crippen LogP contribution < -0.4 is 0 Å². The van der Waals surface area contributed by atoms with E-state index in [-0.39, 0.29) is 6.04 Å². The lowest BCUT2D eigenvalue weighted by atomic mass is 9.65. The number of nitrogens with zero attached hydrogens (tertiary/aromatic N) is 2. The molecule has 1 saturated carbocycles. The van der Waals surface area contributed by atoms with Crippen LogP contribution in [0.4, 0.5) is 0 Å². The summed E-state index contributed by atoms with van der Waals surface area (Å²) in [6.07, 6.45) is 5.81. The molecule has 1 fully saturated rings. The van der Waals surface area contributed by atoms with Crippen molar-refractivity contribution in [3.8, 4) is 11.3 Å². The van der Waals surface area contributed by atoms with Crippen molar-refractivity contribution in [3.05, 3.63) is 42.4 Å². The van der Waals surface area contributed by atoms with Gasteiger partial charge in [0.1, 0.15) is 0 Å². The first-order valence-corrected chi connectivity index (χ1v) is 6.52. The van der Waals surface area contributed by atoms with Crippen LogP contribution in [-0.2, 0) is 0 Å². The van der Waals surface area contributed by atoms with Crippen LogP contribution in [0, 0.1) is 5.92 Å². The number of hydrogen-bond acceptors (Lipinski definition) is 2. The number of aromatic nitrogens is 2. The fraction of sp³-hybridized carbons (Fsp3) is 0.400. The summed E-state index contributed by atoms with van der Waals surface area (Å²) in [5.74, 6) is 0.300. The summed E-state index contributed by atoms with van der Waals surface area (Å²) >= 11 is 0. The SMILES string of the molecule is C[C@]1(O)CCC1[C@H]1c2ccccc2-c2cncn21. The number of fused-ring (bicyclic) bond motifs is 3. The summed E-state index contributed by atoms with van der Waals surface area (Å²) in [6, 6.07) is 8.73. The van der Waals surface area contributed by atoms with Gasteiger partial charge in [0.15, 0.2) is 0 Å². The van der Waals surface area contributed by atoms with Crippen molar-refractivity contribution in [2.45, 2.75) is 31.4 Å². The van der Waals surface area contributed by atoms with Gasteiger partial charge in [-0.3, -0.25) is 0 Å². The Balaban J connectivity index is 1.90. The van der Waals surface area contributed by atoms with Crippen LogP contribution in [0.15, 0.2) is 36.8 Å². The van der Waals surface area contributed by atoms with E-state index in [2.05, 4.69) is 33.8 Å². The van der Waals surface area contributed by atoms with Crippen molar-refractivity contribution in [2.75, 3.05) is 0 Å². The molecule has 4 rings (SSSR count). The lowest BCUT2D eigenvalue weighted by molar-refractivity contribution is -0.0924. The molecule has 1 unspecified atom stereocenters. The molecule has 1 aromatic carbocycles. The molecule has 0 amide bonds. The highest BCUT2D eigenvalue weighted by Crippen LogP contribution is 2.52. The molecule has 2 heterocycles. The molecule has 1 aromatic heterocycles. The monoisotopic (exact) mass is 240 g/mol. The molecule has 1 aliphatic heterocycles. The summed E-state index contributed by atoms with van der Waals surface area (Å²) < 4.78 is 2.23. The van der Waals surface area contributed by atoms with Crippen molar-refractivity contribution in [1.29, 1.82) is 0 Å². The summed E-state index contributed by atoms with van der Waals surface area (Å²) in [6.45, 7) is 1.96. The van der Waals surface area contributed by atoms with Gasteiger partial charge < -0.3 is 9.67 Å². The highest BCUT2D eigenvalue weighted by atomic mass is 16.3. The molecule has 3 nitrogen and oxygen atoms in total. The summed E-state index contributed by atoms with van der Waals surface area (Å²) in [5.41, 5.74) is 3.24. The average Bonchev–Trinajstić information content (AvgIpc) is 2.92. The quantitative estimate of drug-likeness (QED) is 0.832. The van der Waals surface area contributed by atoms with Crippen LogP contribution in [0.1, 0.15) is 31.4 Å². The fourth-order valence-electron chi connectivity index (χ4n) is 3.51. The first-order chi connectivity index (χ1) is 8.68. The average molecular weight is 240 g/mol. The Labute approximate surface area is 106 Å². The van der Waals surface area contributed by atoms with Crippen molar-refractivity contribution in [1.82, 2.24) is 9.55 Å². The maximum absolute atomic E-state index is 10.4. The summed E-state index contributed by atoms with van der Waals surface area (Å²) in [4.78, 5) is 4.26. The van der Waals surface area contributed by atoms with Crippen molar-refractivity contribution >= 4 is 0 Å². The van der Waals surface area contributed by atoms with E-state index in [4.69, 9.17) is 0 Å². The Morgan fingerprint density at radius 3 is 2.94 bits per heavy atom. The molecule has 92 valence electrons. The number of imidazole rings is 1. The van der Waals surface area contributed by atoms with Crippen LogP contribution >= 0.6 is 0 Å². The minimum absolute atomic E-state index is 0.252. The smallest absolute Gasteiger partial charge is 0.0956 e. The van der Waals surface area contributed by atoms with Crippen LogP contribution in [-0.4, -0.2) is 20.3 Å². The second-order valence-electron chi connectivity index (χ2n) is 5.72. The van der Waals surface area contributed by atoms with E-state index in [0.717, 1.165) is 12.8 Å². The van der Waals surface area contributed by atoms with Crippen molar-refractivity contribution < 1.29 is 5.11 Å². The number of aliphatic hydroxyl groups is 1. The molecule has 18 heavy (non-hydrogen) atoms. The standard InChI is InChI=1S/C15H16N2O/c1-15(18)7-6-12(15)14-11-5-3-2-4-10(11)13-8-16-9-17(13)14/h2-5,8-9,12,14,18H,6-7H2,1H3/t12?,14-,15+/m1/s1. The third-order valence-corrected chi connectivity index (χ3v) is 4.66. The summed E-state index contributed by atoms with van der Waals surface area (Å²) in [5, 5.41) is 10.4. The Bertz CT molecular complexity index is 614. The zero-order valence-corrected chi connectivity index (χ0v) is 10.4. The predicted molar refractivity (Wildman–Crippen MR) is 69.1 cm³/mol. The second kappa shape index (κ2) is 3.23. The maximum Gasteiger partial charge on any atom is 0.0956 e. The Kier molecular flexibility index (Phi) is 1.86. The minimum atomic E-state index is -0.538. The minimum Gasteiger partial charge on any atom is -0.390 e. The molecule has 0 spiro atoms. The van der Waals surface area contributed by atoms with E-state index in [0.29, 0.717) is 5.92 Å². The highest BCUT2D eigenvalue weighted by molar-refractivity contribution is 5.69. The van der Waals surface area contributed by atoms with Gasteiger partial charge in [-0.15, -0.1) is 0 Å². The van der Waals surface area contributed by atoms with Crippen LogP contribution in [0.3, 0.4) is 0 Å². The molecular formula is C15H16N2O. The summed E-state index contributed by atoms with van der Waals surface area (Å²) in [7, 11) is 0. The van der Waals surface area contributed by atoms with Gasteiger partial charge in [0.2, 0.25) is 0 Å². The zero-order chi connectivity index (χ0) is 12.3. The number of rotatable bonds is 1. The number of hydrogen-bond donors (Lipinski definition) is 1. The van der Waals surface area contributed by atoms with Gasteiger partial charge in [-0.05, 0) is 25.3 Å². The molecule has 0 radical (unpaired) electrons. The Hall–Kier alpha value is -1.61. The van der Waals surface area contributed by atoms with Crippen LogP contribution in [0.2, 0.25) is 0 Å². The molecular weight excluding hydrogens is 224 g/mol. The molecule has 2 aliphatic rings. The molecule has 1 N–H and O–H groups in total. The topological polar surface area (TPSA) is 38.1 Å². The van der Waals surface area contributed by atoms with Crippen LogP contribution in [0.5, 0.6) is 0 Å². The van der Waals surface area contributed by atoms with E-state index in [1.807, 2.05) is 19.4 Å². The van der Waals surface area contributed by atoms with Gasteiger partial charge >= 0.3 is 0 Å². The normalized spacial score (nSPS) is 32.8. The van der Waals surface area contributed by atoms with Crippen LogP contribution in [0.25, 0.3) is 11.3 Å². The van der Waals surface area contributed by atoms with Gasteiger partial charge in [0, 0.05) is 11.5 Å².